The first kappa shape index (κ1) is 16.0. The van der Waals surface area contributed by atoms with E-state index in [9.17, 15) is 5.11 Å². The highest BCUT2D eigenvalue weighted by Crippen LogP contribution is 2.27. The highest BCUT2D eigenvalue weighted by atomic mass is 16.3. The van der Waals surface area contributed by atoms with E-state index in [-0.39, 0.29) is 6.10 Å². The van der Waals surface area contributed by atoms with E-state index in [1.807, 2.05) is 12.1 Å². The van der Waals surface area contributed by atoms with E-state index in [0.29, 0.717) is 0 Å². The third-order valence-electron chi connectivity index (χ3n) is 4.76. The summed E-state index contributed by atoms with van der Waals surface area (Å²) >= 11 is 0. The second-order valence-corrected chi connectivity index (χ2v) is 6.45. The van der Waals surface area contributed by atoms with Gasteiger partial charge in [-0.2, -0.15) is 0 Å². The van der Waals surface area contributed by atoms with Crippen LogP contribution in [-0.4, -0.2) is 5.11 Å². The summed E-state index contributed by atoms with van der Waals surface area (Å²) in [4.78, 5) is 0. The molecule has 0 aliphatic heterocycles. The molecule has 1 nitrogen and oxygen atoms in total. The summed E-state index contributed by atoms with van der Waals surface area (Å²) in [5.74, 6) is 0. The van der Waals surface area contributed by atoms with E-state index in [4.69, 9.17) is 0 Å². The van der Waals surface area contributed by atoms with Gasteiger partial charge < -0.3 is 5.11 Å². The summed E-state index contributed by atoms with van der Waals surface area (Å²) in [6.07, 6.45) is 12.5. The van der Waals surface area contributed by atoms with Crippen LogP contribution in [0.2, 0.25) is 0 Å². The number of benzene rings is 2. The van der Waals surface area contributed by atoms with Gasteiger partial charge in [-0.15, -0.1) is 0 Å². The molecule has 0 saturated heterocycles. The van der Waals surface area contributed by atoms with Gasteiger partial charge >= 0.3 is 0 Å². The topological polar surface area (TPSA) is 20.2 Å². The van der Waals surface area contributed by atoms with E-state index in [1.165, 1.54) is 42.4 Å². The highest BCUT2D eigenvalue weighted by molar-refractivity contribution is 5.54. The molecule has 0 amide bonds. The van der Waals surface area contributed by atoms with Gasteiger partial charge in [0.05, 0.1) is 6.10 Å². The zero-order valence-electron chi connectivity index (χ0n) is 13.7. The van der Waals surface area contributed by atoms with Crippen molar-refractivity contribution in [2.75, 3.05) is 0 Å². The molecular weight excluding hydrogens is 280 g/mol. The minimum absolute atomic E-state index is 0.219. The number of hydrogen-bond acceptors (Lipinski definition) is 1. The summed E-state index contributed by atoms with van der Waals surface area (Å²) in [5, 5.41) is 9.74. The van der Waals surface area contributed by atoms with Crippen LogP contribution in [0.25, 0.3) is 6.08 Å². The number of rotatable bonds is 0. The molecule has 0 spiro atoms. The van der Waals surface area contributed by atoms with Gasteiger partial charge in [-0.1, -0.05) is 67.1 Å². The van der Waals surface area contributed by atoms with Crippen LogP contribution in [0.3, 0.4) is 0 Å². The van der Waals surface area contributed by atoms with Crippen molar-refractivity contribution in [2.24, 2.45) is 0 Å². The Hall–Kier alpha value is -1.86. The lowest BCUT2D eigenvalue weighted by Crippen LogP contribution is -1.97. The second-order valence-electron chi connectivity index (χ2n) is 6.45. The van der Waals surface area contributed by atoms with Crippen LogP contribution in [0.5, 0.6) is 0 Å². The molecule has 1 unspecified atom stereocenters. The van der Waals surface area contributed by atoms with Gasteiger partial charge in [0, 0.05) is 0 Å². The maximum absolute atomic E-state index is 9.74. The third-order valence-corrected chi connectivity index (χ3v) is 4.76. The van der Waals surface area contributed by atoms with E-state index in [1.54, 1.807) is 0 Å². The maximum Gasteiger partial charge on any atom is 0.0792 e. The first-order valence-corrected chi connectivity index (χ1v) is 8.85. The van der Waals surface area contributed by atoms with Crippen LogP contribution < -0.4 is 0 Å². The molecule has 2 aromatic carbocycles. The summed E-state index contributed by atoms with van der Waals surface area (Å²) in [6, 6.07) is 16.9. The van der Waals surface area contributed by atoms with Crippen LogP contribution >= 0.6 is 0 Å². The second kappa shape index (κ2) is 8.12. The van der Waals surface area contributed by atoms with Crippen molar-refractivity contribution in [3.05, 3.63) is 76.9 Å². The largest absolute Gasteiger partial charge is 0.388 e. The highest BCUT2D eigenvalue weighted by Gasteiger charge is 2.14. The van der Waals surface area contributed by atoms with Crippen molar-refractivity contribution in [1.82, 2.24) is 0 Å². The predicted molar refractivity (Wildman–Crippen MR) is 97.4 cm³/mol. The SMILES string of the molecule is C1=Cc2ccccc2CCC1.OC1CCCCc2ccccc21. The minimum Gasteiger partial charge on any atom is -0.388 e. The van der Waals surface area contributed by atoms with Crippen LogP contribution in [-0.2, 0) is 12.8 Å². The van der Waals surface area contributed by atoms with E-state index >= 15 is 0 Å². The van der Waals surface area contributed by atoms with Crippen molar-refractivity contribution in [1.29, 1.82) is 0 Å². The molecule has 0 radical (unpaired) electrons. The molecule has 1 atom stereocenters. The van der Waals surface area contributed by atoms with Gasteiger partial charge in [-0.3, -0.25) is 0 Å². The van der Waals surface area contributed by atoms with Gasteiger partial charge in [0.15, 0.2) is 0 Å². The first-order chi connectivity index (χ1) is 11.3. The molecule has 23 heavy (non-hydrogen) atoms. The first-order valence-electron chi connectivity index (χ1n) is 8.85. The fourth-order valence-electron chi connectivity index (χ4n) is 3.44. The molecule has 1 N–H and O–H groups in total. The molecule has 2 aliphatic carbocycles. The standard InChI is InChI=1S/C11H14O.C11H12/c12-11-8-4-2-6-9-5-1-3-7-10(9)11;1-2-6-10-8-4-5-9-11(10)7-3-1/h1,3,5,7,11-12H,2,4,6,8H2;2,4-6,8-9H,1,3,7H2. The fourth-order valence-corrected chi connectivity index (χ4v) is 3.44. The number of aliphatic hydroxyl groups excluding tert-OH is 1. The average molecular weight is 306 g/mol. The van der Waals surface area contributed by atoms with Crippen molar-refractivity contribution in [2.45, 2.75) is 51.0 Å². The molecule has 120 valence electrons. The lowest BCUT2D eigenvalue weighted by molar-refractivity contribution is 0.166. The zero-order chi connectivity index (χ0) is 15.9. The van der Waals surface area contributed by atoms with Crippen LogP contribution in [0.15, 0.2) is 54.6 Å². The Morgan fingerprint density at radius 2 is 1.52 bits per heavy atom. The lowest BCUT2D eigenvalue weighted by Gasteiger charge is -2.10. The van der Waals surface area contributed by atoms with Crippen molar-refractivity contribution < 1.29 is 5.11 Å². The molecule has 2 aromatic rings. The van der Waals surface area contributed by atoms with Gasteiger partial charge in [-0.05, 0) is 60.8 Å². The lowest BCUT2D eigenvalue weighted by atomic mass is 10.0. The molecule has 0 bridgehead atoms. The Kier molecular flexibility index (Phi) is 5.65. The normalized spacial score (nSPS) is 19.4. The van der Waals surface area contributed by atoms with Crippen LogP contribution in [0, 0.1) is 0 Å². The van der Waals surface area contributed by atoms with E-state index < -0.39 is 0 Å². The van der Waals surface area contributed by atoms with Gasteiger partial charge in [-0.25, -0.2) is 0 Å². The Balaban J connectivity index is 0.000000136. The minimum atomic E-state index is -0.219. The molecule has 0 aromatic heterocycles. The summed E-state index contributed by atoms with van der Waals surface area (Å²) in [7, 11) is 0. The molecular formula is C22H26O. The summed E-state index contributed by atoms with van der Waals surface area (Å²) in [5.41, 5.74) is 5.39. The van der Waals surface area contributed by atoms with Crippen molar-refractivity contribution >= 4 is 6.08 Å². The Labute approximate surface area is 139 Å². The van der Waals surface area contributed by atoms with Crippen LogP contribution in [0.4, 0.5) is 0 Å². The van der Waals surface area contributed by atoms with Gasteiger partial charge in [0.1, 0.15) is 0 Å². The number of allylic oxidation sites excluding steroid dienone is 1. The Morgan fingerprint density at radius 1 is 0.783 bits per heavy atom. The van der Waals surface area contributed by atoms with E-state index in [2.05, 4.69) is 48.6 Å². The Morgan fingerprint density at radius 3 is 2.43 bits per heavy atom. The fraction of sp³-hybridized carbons (Fsp3) is 0.364. The predicted octanol–water partition coefficient (Wildman–Crippen LogP) is 5.48. The average Bonchev–Trinajstić information content (AvgIpc) is 2.94. The summed E-state index contributed by atoms with van der Waals surface area (Å²) < 4.78 is 0. The zero-order valence-corrected chi connectivity index (χ0v) is 13.7. The van der Waals surface area contributed by atoms with Gasteiger partial charge in [0.25, 0.3) is 0 Å². The molecule has 2 aliphatic rings. The molecule has 4 rings (SSSR count). The Bertz CT molecular complexity index is 657. The molecule has 0 heterocycles. The molecule has 0 saturated carbocycles. The van der Waals surface area contributed by atoms with Crippen molar-refractivity contribution in [3.63, 3.8) is 0 Å². The maximum atomic E-state index is 9.74. The molecule has 0 fully saturated rings. The number of aryl methyl sites for hydroxylation is 2. The van der Waals surface area contributed by atoms with Gasteiger partial charge in [0.2, 0.25) is 0 Å². The van der Waals surface area contributed by atoms with E-state index in [0.717, 1.165) is 24.8 Å². The third kappa shape index (κ3) is 4.33. The number of fused-ring (bicyclic) bond motifs is 2. The van der Waals surface area contributed by atoms with Crippen LogP contribution in [0.1, 0.15) is 60.5 Å². The quantitative estimate of drug-likeness (QED) is 0.639. The number of hydrogen-bond donors (Lipinski definition) is 1. The molecule has 1 heteroatoms. The monoisotopic (exact) mass is 306 g/mol. The van der Waals surface area contributed by atoms with Crippen molar-refractivity contribution in [3.8, 4) is 0 Å². The smallest absolute Gasteiger partial charge is 0.0792 e. The number of aliphatic hydroxyl groups is 1. The summed E-state index contributed by atoms with van der Waals surface area (Å²) in [6.45, 7) is 0.